The summed E-state index contributed by atoms with van der Waals surface area (Å²) in [5.74, 6) is -0.761. The number of carboxylic acids is 1. The number of fused-ring (bicyclic) bond motifs is 1. The number of hydrogen-bond donors (Lipinski definition) is 1. The molecule has 1 N–H and O–H groups in total. The number of hydrogen-bond acceptors (Lipinski definition) is 1. The Morgan fingerprint density at radius 2 is 2.15 bits per heavy atom. The fourth-order valence-corrected chi connectivity index (χ4v) is 2.17. The third-order valence-electron chi connectivity index (χ3n) is 2.77. The predicted octanol–water partition coefficient (Wildman–Crippen LogP) is 2.05. The van der Waals surface area contributed by atoms with E-state index in [1.54, 1.807) is 0 Å². The van der Waals surface area contributed by atoms with Gasteiger partial charge in [-0.1, -0.05) is 31.2 Å². The van der Waals surface area contributed by atoms with Crippen molar-refractivity contribution in [3.8, 4) is 0 Å². The summed E-state index contributed by atoms with van der Waals surface area (Å²) in [7, 11) is 0. The molecular weight excluding hydrogens is 164 g/mol. The zero-order valence-corrected chi connectivity index (χ0v) is 7.53. The first-order valence-electron chi connectivity index (χ1n) is 4.50. The van der Waals surface area contributed by atoms with Gasteiger partial charge in [0.2, 0.25) is 0 Å². The number of benzene rings is 1. The number of carboxylic acid groups (broad SMARTS) is 1. The molecule has 1 aromatic carbocycles. The molecule has 0 saturated heterocycles. The summed E-state index contributed by atoms with van der Waals surface area (Å²) in [6, 6.07) is 7.83. The first kappa shape index (κ1) is 8.30. The maximum absolute atomic E-state index is 11.0. The number of carbonyl (C=O) groups is 1. The van der Waals surface area contributed by atoms with Crippen LogP contribution in [0.2, 0.25) is 0 Å². The lowest BCUT2D eigenvalue weighted by molar-refractivity contribution is -0.139. The first-order valence-corrected chi connectivity index (χ1v) is 4.50. The summed E-state index contributed by atoms with van der Waals surface area (Å²) >= 11 is 0. The van der Waals surface area contributed by atoms with Gasteiger partial charge in [0.15, 0.2) is 0 Å². The van der Waals surface area contributed by atoms with Crippen LogP contribution in [0.25, 0.3) is 0 Å². The van der Waals surface area contributed by atoms with Crippen molar-refractivity contribution >= 4 is 5.97 Å². The largest absolute Gasteiger partial charge is 0.481 e. The van der Waals surface area contributed by atoms with Gasteiger partial charge in [0.1, 0.15) is 0 Å². The lowest BCUT2D eigenvalue weighted by Crippen LogP contribution is -2.14. The number of rotatable bonds is 1. The quantitative estimate of drug-likeness (QED) is 0.711. The summed E-state index contributed by atoms with van der Waals surface area (Å²) in [4.78, 5) is 11.0. The second-order valence-electron chi connectivity index (χ2n) is 3.70. The lowest BCUT2D eigenvalue weighted by atomic mass is 9.94. The lowest BCUT2D eigenvalue weighted by Gasteiger charge is -2.10. The van der Waals surface area contributed by atoms with Crippen molar-refractivity contribution in [3.63, 3.8) is 0 Å². The molecule has 2 atom stereocenters. The van der Waals surface area contributed by atoms with Crippen molar-refractivity contribution in [3.05, 3.63) is 35.4 Å². The van der Waals surface area contributed by atoms with Gasteiger partial charge in [0.05, 0.1) is 5.92 Å². The maximum atomic E-state index is 11.0. The van der Waals surface area contributed by atoms with Gasteiger partial charge in [0.25, 0.3) is 0 Å². The van der Waals surface area contributed by atoms with Gasteiger partial charge in [-0.15, -0.1) is 0 Å². The SMILES string of the molecule is C[C@@H]1Cc2ccccc2[C@H]1C(=O)O. The normalized spacial score (nSPS) is 25.6. The number of aliphatic carboxylic acids is 1. The zero-order chi connectivity index (χ0) is 9.42. The van der Waals surface area contributed by atoms with Crippen LogP contribution in [0.1, 0.15) is 24.0 Å². The monoisotopic (exact) mass is 176 g/mol. The van der Waals surface area contributed by atoms with Crippen LogP contribution in [0, 0.1) is 5.92 Å². The minimum atomic E-state index is -0.697. The minimum absolute atomic E-state index is 0.231. The molecule has 0 spiro atoms. The summed E-state index contributed by atoms with van der Waals surface area (Å²) in [6.45, 7) is 2.00. The van der Waals surface area contributed by atoms with E-state index in [0.717, 1.165) is 12.0 Å². The Labute approximate surface area is 77.2 Å². The molecule has 0 radical (unpaired) electrons. The molecule has 0 unspecified atom stereocenters. The second kappa shape index (κ2) is 2.87. The van der Waals surface area contributed by atoms with E-state index in [1.165, 1.54) is 5.56 Å². The minimum Gasteiger partial charge on any atom is -0.481 e. The molecule has 0 saturated carbocycles. The van der Waals surface area contributed by atoms with E-state index >= 15 is 0 Å². The third kappa shape index (κ3) is 1.22. The van der Waals surface area contributed by atoms with Crippen LogP contribution in [0.3, 0.4) is 0 Å². The fraction of sp³-hybridized carbons (Fsp3) is 0.364. The Kier molecular flexibility index (Phi) is 1.83. The Morgan fingerprint density at radius 3 is 2.85 bits per heavy atom. The van der Waals surface area contributed by atoms with Crippen molar-refractivity contribution in [2.24, 2.45) is 5.92 Å². The van der Waals surface area contributed by atoms with E-state index in [2.05, 4.69) is 0 Å². The maximum Gasteiger partial charge on any atom is 0.311 e. The molecule has 0 fully saturated rings. The van der Waals surface area contributed by atoms with Gasteiger partial charge >= 0.3 is 5.97 Å². The molecule has 2 rings (SSSR count). The highest BCUT2D eigenvalue weighted by Gasteiger charge is 2.34. The van der Waals surface area contributed by atoms with Crippen LogP contribution in [0.4, 0.5) is 0 Å². The Hall–Kier alpha value is -1.31. The van der Waals surface area contributed by atoms with Gasteiger partial charge in [-0.2, -0.15) is 0 Å². The van der Waals surface area contributed by atoms with Crippen LogP contribution < -0.4 is 0 Å². The Morgan fingerprint density at radius 1 is 1.46 bits per heavy atom. The summed E-state index contributed by atoms with van der Waals surface area (Å²) in [5, 5.41) is 9.03. The van der Waals surface area contributed by atoms with Crippen molar-refractivity contribution in [2.45, 2.75) is 19.3 Å². The van der Waals surface area contributed by atoms with Gasteiger partial charge in [-0.3, -0.25) is 4.79 Å². The van der Waals surface area contributed by atoms with Gasteiger partial charge in [-0.25, -0.2) is 0 Å². The molecule has 0 heterocycles. The highest BCUT2D eigenvalue weighted by atomic mass is 16.4. The smallest absolute Gasteiger partial charge is 0.311 e. The predicted molar refractivity (Wildman–Crippen MR) is 49.7 cm³/mol. The van der Waals surface area contributed by atoms with E-state index in [0.29, 0.717) is 0 Å². The molecule has 0 amide bonds. The van der Waals surface area contributed by atoms with Crippen molar-refractivity contribution in [1.82, 2.24) is 0 Å². The first-order chi connectivity index (χ1) is 6.20. The standard InChI is InChI=1S/C11H12O2/c1-7-6-8-4-2-3-5-9(8)10(7)11(12)13/h2-5,7,10H,6H2,1H3,(H,12,13)/t7-,10+/m1/s1. The molecule has 2 nitrogen and oxygen atoms in total. The third-order valence-corrected chi connectivity index (χ3v) is 2.77. The molecule has 2 heteroatoms. The van der Waals surface area contributed by atoms with E-state index in [1.807, 2.05) is 31.2 Å². The zero-order valence-electron chi connectivity index (χ0n) is 7.53. The van der Waals surface area contributed by atoms with Crippen LogP contribution in [0.15, 0.2) is 24.3 Å². The van der Waals surface area contributed by atoms with Crippen LogP contribution in [-0.2, 0) is 11.2 Å². The fourth-order valence-electron chi connectivity index (χ4n) is 2.17. The molecule has 0 aliphatic heterocycles. The van der Waals surface area contributed by atoms with Gasteiger partial charge in [-0.05, 0) is 23.5 Å². The van der Waals surface area contributed by atoms with Crippen LogP contribution >= 0.6 is 0 Å². The topological polar surface area (TPSA) is 37.3 Å². The van der Waals surface area contributed by atoms with E-state index in [9.17, 15) is 4.79 Å². The van der Waals surface area contributed by atoms with E-state index in [-0.39, 0.29) is 11.8 Å². The molecule has 1 aromatic rings. The highest BCUT2D eigenvalue weighted by Crippen LogP contribution is 2.37. The molecule has 0 aromatic heterocycles. The molecule has 1 aliphatic rings. The van der Waals surface area contributed by atoms with Crippen molar-refractivity contribution in [1.29, 1.82) is 0 Å². The molecular formula is C11H12O2. The van der Waals surface area contributed by atoms with Crippen LogP contribution in [-0.4, -0.2) is 11.1 Å². The van der Waals surface area contributed by atoms with Crippen molar-refractivity contribution in [2.75, 3.05) is 0 Å². The molecule has 0 bridgehead atoms. The van der Waals surface area contributed by atoms with Crippen LogP contribution in [0.5, 0.6) is 0 Å². The summed E-state index contributed by atoms with van der Waals surface area (Å²) < 4.78 is 0. The highest BCUT2D eigenvalue weighted by molar-refractivity contribution is 5.78. The van der Waals surface area contributed by atoms with E-state index in [4.69, 9.17) is 5.11 Å². The van der Waals surface area contributed by atoms with E-state index < -0.39 is 5.97 Å². The van der Waals surface area contributed by atoms with Gasteiger partial charge < -0.3 is 5.11 Å². The van der Waals surface area contributed by atoms with Crippen molar-refractivity contribution < 1.29 is 9.90 Å². The Balaban J connectivity index is 2.46. The molecule has 1 aliphatic carbocycles. The Bertz CT molecular complexity index is 344. The summed E-state index contributed by atoms with van der Waals surface area (Å²) in [6.07, 6.45) is 0.896. The average Bonchev–Trinajstić information content (AvgIpc) is 2.39. The second-order valence-corrected chi connectivity index (χ2v) is 3.70. The summed E-state index contributed by atoms with van der Waals surface area (Å²) in [5.41, 5.74) is 2.20. The molecule has 13 heavy (non-hydrogen) atoms. The average molecular weight is 176 g/mol. The molecule has 68 valence electrons. The van der Waals surface area contributed by atoms with Gasteiger partial charge in [0, 0.05) is 0 Å².